The van der Waals surface area contributed by atoms with Crippen LogP contribution in [0.3, 0.4) is 0 Å². The Morgan fingerprint density at radius 2 is 1.90 bits per heavy atom. The van der Waals surface area contributed by atoms with E-state index in [1.807, 2.05) is 19.9 Å². The molecule has 0 spiro atoms. The molecular formula is C13H16BrN3O2S. The monoisotopic (exact) mass is 357 g/mol. The lowest BCUT2D eigenvalue weighted by molar-refractivity contribution is -0.120. The van der Waals surface area contributed by atoms with Gasteiger partial charge in [0.05, 0.1) is 5.56 Å². The van der Waals surface area contributed by atoms with Gasteiger partial charge in [-0.25, -0.2) is 0 Å². The van der Waals surface area contributed by atoms with E-state index in [-0.39, 0.29) is 22.8 Å². The molecular weight excluding hydrogens is 342 g/mol. The third kappa shape index (κ3) is 5.66. The molecule has 3 N–H and O–H groups in total. The molecule has 0 atom stereocenters. The number of hydrogen-bond acceptors (Lipinski definition) is 3. The van der Waals surface area contributed by atoms with Gasteiger partial charge in [-0.3, -0.25) is 20.4 Å². The maximum absolute atomic E-state index is 11.9. The molecule has 0 saturated carbocycles. The number of rotatable bonds is 3. The molecule has 0 heterocycles. The van der Waals surface area contributed by atoms with Crippen LogP contribution in [0.4, 0.5) is 0 Å². The number of benzene rings is 1. The molecule has 1 rings (SSSR count). The van der Waals surface area contributed by atoms with Crippen LogP contribution in [0, 0.1) is 5.92 Å². The molecule has 0 aliphatic heterocycles. The van der Waals surface area contributed by atoms with E-state index in [4.69, 9.17) is 12.2 Å². The fourth-order valence-electron chi connectivity index (χ4n) is 1.41. The molecule has 0 fully saturated rings. The Kier molecular flexibility index (Phi) is 6.60. The van der Waals surface area contributed by atoms with Gasteiger partial charge in [-0.2, -0.15) is 0 Å². The van der Waals surface area contributed by atoms with E-state index in [9.17, 15) is 9.59 Å². The number of carbonyl (C=O) groups is 2. The smallest absolute Gasteiger partial charge is 0.270 e. The first-order valence-corrected chi connectivity index (χ1v) is 7.25. The Bertz CT molecular complexity index is 520. The average Bonchev–Trinajstić information content (AvgIpc) is 2.35. The average molecular weight is 358 g/mol. The number of carbonyl (C=O) groups excluding carboxylic acids is 2. The number of nitrogens with one attached hydrogen (secondary N) is 3. The number of hydrazine groups is 1. The zero-order valence-corrected chi connectivity index (χ0v) is 13.6. The highest BCUT2D eigenvalue weighted by atomic mass is 79.9. The van der Waals surface area contributed by atoms with Gasteiger partial charge >= 0.3 is 0 Å². The van der Waals surface area contributed by atoms with Crippen molar-refractivity contribution >= 4 is 45.1 Å². The second kappa shape index (κ2) is 7.96. The second-order valence-electron chi connectivity index (χ2n) is 4.53. The van der Waals surface area contributed by atoms with E-state index in [0.29, 0.717) is 16.5 Å². The minimum Gasteiger partial charge on any atom is -0.302 e. The van der Waals surface area contributed by atoms with Crippen LogP contribution in [0.15, 0.2) is 28.7 Å². The van der Waals surface area contributed by atoms with Gasteiger partial charge in [0.2, 0.25) is 5.91 Å². The van der Waals surface area contributed by atoms with Crippen molar-refractivity contribution in [2.45, 2.75) is 20.3 Å². The summed E-state index contributed by atoms with van der Waals surface area (Å²) < 4.78 is 0.675. The van der Waals surface area contributed by atoms with Gasteiger partial charge in [-0.1, -0.05) is 26.0 Å². The van der Waals surface area contributed by atoms with Crippen LogP contribution in [0.2, 0.25) is 0 Å². The number of amides is 2. The minimum atomic E-state index is -0.349. The summed E-state index contributed by atoms with van der Waals surface area (Å²) in [6.45, 7) is 3.87. The Morgan fingerprint density at radius 3 is 2.50 bits per heavy atom. The SMILES string of the molecule is CC(C)CC(=O)NC(=S)NNC(=O)c1ccccc1Br. The van der Waals surface area contributed by atoms with Gasteiger partial charge in [0, 0.05) is 10.9 Å². The van der Waals surface area contributed by atoms with Crippen molar-refractivity contribution in [1.82, 2.24) is 16.2 Å². The highest BCUT2D eigenvalue weighted by Gasteiger charge is 2.10. The Balaban J connectivity index is 2.44. The molecule has 7 heteroatoms. The van der Waals surface area contributed by atoms with Crippen LogP contribution in [-0.4, -0.2) is 16.9 Å². The van der Waals surface area contributed by atoms with Crippen molar-refractivity contribution in [2.75, 3.05) is 0 Å². The number of thiocarbonyl (C=S) groups is 1. The van der Waals surface area contributed by atoms with Gasteiger partial charge in [-0.15, -0.1) is 0 Å². The second-order valence-corrected chi connectivity index (χ2v) is 5.80. The summed E-state index contributed by atoms with van der Waals surface area (Å²) in [6, 6.07) is 6.99. The maximum Gasteiger partial charge on any atom is 0.270 e. The topological polar surface area (TPSA) is 70.2 Å². The molecule has 0 aliphatic rings. The van der Waals surface area contributed by atoms with E-state index in [1.165, 1.54) is 0 Å². The normalized spacial score (nSPS) is 10.0. The zero-order chi connectivity index (χ0) is 15.1. The number of hydrogen-bond donors (Lipinski definition) is 3. The lowest BCUT2D eigenvalue weighted by Gasteiger charge is -2.12. The van der Waals surface area contributed by atoms with Gasteiger partial charge in [0.15, 0.2) is 5.11 Å². The van der Waals surface area contributed by atoms with Crippen LogP contribution >= 0.6 is 28.1 Å². The zero-order valence-electron chi connectivity index (χ0n) is 11.2. The molecule has 1 aromatic carbocycles. The highest BCUT2D eigenvalue weighted by molar-refractivity contribution is 9.10. The van der Waals surface area contributed by atoms with Crippen LogP contribution < -0.4 is 16.2 Å². The fourth-order valence-corrected chi connectivity index (χ4v) is 2.04. The lowest BCUT2D eigenvalue weighted by atomic mass is 10.1. The molecule has 0 aliphatic carbocycles. The molecule has 0 radical (unpaired) electrons. The largest absolute Gasteiger partial charge is 0.302 e. The molecule has 108 valence electrons. The van der Waals surface area contributed by atoms with E-state index >= 15 is 0 Å². The summed E-state index contributed by atoms with van der Waals surface area (Å²) in [7, 11) is 0. The van der Waals surface area contributed by atoms with Gasteiger partial charge in [-0.05, 0) is 46.2 Å². The summed E-state index contributed by atoms with van der Waals surface area (Å²) in [4.78, 5) is 23.3. The first kappa shape index (κ1) is 16.6. The van der Waals surface area contributed by atoms with E-state index in [2.05, 4.69) is 32.1 Å². The minimum absolute atomic E-state index is 0.0658. The summed E-state index contributed by atoms with van der Waals surface area (Å²) in [5, 5.41) is 2.55. The summed E-state index contributed by atoms with van der Waals surface area (Å²) in [6.07, 6.45) is 0.375. The Hall–Kier alpha value is -1.47. The van der Waals surface area contributed by atoms with E-state index < -0.39 is 0 Å². The first-order valence-electron chi connectivity index (χ1n) is 6.05. The maximum atomic E-state index is 11.9. The van der Waals surface area contributed by atoms with E-state index in [1.54, 1.807) is 18.2 Å². The predicted molar refractivity (Wildman–Crippen MR) is 84.9 cm³/mol. The quantitative estimate of drug-likeness (QED) is 0.572. The molecule has 0 aromatic heterocycles. The van der Waals surface area contributed by atoms with Crippen molar-refractivity contribution < 1.29 is 9.59 Å². The highest BCUT2D eigenvalue weighted by Crippen LogP contribution is 2.14. The van der Waals surface area contributed by atoms with Crippen molar-refractivity contribution in [1.29, 1.82) is 0 Å². The van der Waals surface area contributed by atoms with Crippen LogP contribution in [0.5, 0.6) is 0 Å². The van der Waals surface area contributed by atoms with E-state index in [0.717, 1.165) is 0 Å². The fraction of sp³-hybridized carbons (Fsp3) is 0.308. The first-order chi connectivity index (χ1) is 9.40. The molecule has 5 nitrogen and oxygen atoms in total. The van der Waals surface area contributed by atoms with Crippen molar-refractivity contribution in [3.63, 3.8) is 0 Å². The van der Waals surface area contributed by atoms with Crippen LogP contribution in [0.25, 0.3) is 0 Å². The molecule has 0 bridgehead atoms. The molecule has 1 aromatic rings. The van der Waals surface area contributed by atoms with Crippen molar-refractivity contribution in [3.05, 3.63) is 34.3 Å². The van der Waals surface area contributed by atoms with Crippen molar-refractivity contribution in [2.24, 2.45) is 5.92 Å². The summed E-state index contributed by atoms with van der Waals surface area (Å²) >= 11 is 8.19. The summed E-state index contributed by atoms with van der Waals surface area (Å²) in [5.74, 6) is -0.293. The third-order valence-corrected chi connectivity index (χ3v) is 3.15. The standard InChI is InChI=1S/C13H16BrN3O2S/c1-8(2)7-11(18)15-13(20)17-16-12(19)9-5-3-4-6-10(9)14/h3-6,8H,7H2,1-2H3,(H,16,19)(H2,15,17,18,20). The molecule has 0 saturated heterocycles. The third-order valence-electron chi connectivity index (χ3n) is 2.25. The van der Waals surface area contributed by atoms with Gasteiger partial charge in [0.25, 0.3) is 5.91 Å². The summed E-state index contributed by atoms with van der Waals surface area (Å²) in [5.41, 5.74) is 5.38. The predicted octanol–water partition coefficient (Wildman–Crippen LogP) is 2.13. The van der Waals surface area contributed by atoms with Crippen molar-refractivity contribution in [3.8, 4) is 0 Å². The van der Waals surface area contributed by atoms with Gasteiger partial charge in [0.1, 0.15) is 0 Å². The Morgan fingerprint density at radius 1 is 1.25 bits per heavy atom. The van der Waals surface area contributed by atoms with Crippen LogP contribution in [-0.2, 0) is 4.79 Å². The number of halogens is 1. The Labute approximate surface area is 131 Å². The van der Waals surface area contributed by atoms with Gasteiger partial charge < -0.3 is 5.32 Å². The molecule has 20 heavy (non-hydrogen) atoms. The van der Waals surface area contributed by atoms with Crippen LogP contribution in [0.1, 0.15) is 30.6 Å². The lowest BCUT2D eigenvalue weighted by Crippen LogP contribution is -2.48. The molecule has 2 amide bonds. The molecule has 0 unspecified atom stereocenters.